The lowest BCUT2D eigenvalue weighted by Gasteiger charge is -2.20. The predicted octanol–water partition coefficient (Wildman–Crippen LogP) is 4.41. The summed E-state index contributed by atoms with van der Waals surface area (Å²) >= 11 is 5.24. The molecule has 6 heteroatoms. The highest BCUT2D eigenvalue weighted by Gasteiger charge is 2.11. The predicted molar refractivity (Wildman–Crippen MR) is 91.7 cm³/mol. The Balaban J connectivity index is 2.02. The van der Waals surface area contributed by atoms with Gasteiger partial charge >= 0.3 is 0 Å². The average molecular weight is 336 g/mol. The zero-order valence-electron chi connectivity index (χ0n) is 12.9. The summed E-state index contributed by atoms with van der Waals surface area (Å²) in [7, 11) is 1.62. The van der Waals surface area contributed by atoms with E-state index in [1.54, 1.807) is 7.11 Å². The third-order valence-electron chi connectivity index (χ3n) is 3.41. The maximum atomic E-state index is 13.2. The Morgan fingerprint density at radius 1 is 1.13 bits per heavy atom. The molecular weight excluding hydrogens is 318 g/mol. The van der Waals surface area contributed by atoms with E-state index in [1.165, 1.54) is 6.07 Å². The monoisotopic (exact) mass is 336 g/mol. The first-order valence-corrected chi connectivity index (χ1v) is 7.60. The molecule has 0 heterocycles. The zero-order chi connectivity index (χ0) is 16.8. The molecule has 0 amide bonds. The summed E-state index contributed by atoms with van der Waals surface area (Å²) in [5.41, 5.74) is 1.45. The van der Waals surface area contributed by atoms with Crippen LogP contribution in [0.4, 0.5) is 14.5 Å². The van der Waals surface area contributed by atoms with E-state index in [0.717, 1.165) is 29.9 Å². The summed E-state index contributed by atoms with van der Waals surface area (Å²) in [5, 5.41) is 6.37. The van der Waals surface area contributed by atoms with Crippen LogP contribution in [0.15, 0.2) is 42.5 Å². The van der Waals surface area contributed by atoms with E-state index >= 15 is 0 Å². The number of ether oxygens (including phenoxy) is 1. The van der Waals surface area contributed by atoms with Gasteiger partial charge in [-0.25, -0.2) is 8.78 Å². The number of nitrogens with one attached hydrogen (secondary N) is 2. The normalized spacial score (nSPS) is 11.7. The van der Waals surface area contributed by atoms with Gasteiger partial charge in [-0.3, -0.25) is 0 Å². The Morgan fingerprint density at radius 2 is 1.83 bits per heavy atom. The number of benzene rings is 2. The second-order valence-corrected chi connectivity index (χ2v) is 5.37. The highest BCUT2D eigenvalue weighted by molar-refractivity contribution is 7.80. The van der Waals surface area contributed by atoms with Crippen molar-refractivity contribution in [2.45, 2.75) is 19.4 Å². The number of hydrogen-bond donors (Lipinski definition) is 2. The van der Waals surface area contributed by atoms with Crippen LogP contribution >= 0.6 is 12.2 Å². The van der Waals surface area contributed by atoms with Crippen molar-refractivity contribution in [1.82, 2.24) is 5.32 Å². The molecule has 0 spiro atoms. The molecule has 0 unspecified atom stereocenters. The Kier molecular flexibility index (Phi) is 5.87. The average Bonchev–Trinajstić information content (AvgIpc) is 2.56. The lowest BCUT2D eigenvalue weighted by molar-refractivity contribution is 0.414. The first-order valence-electron chi connectivity index (χ1n) is 7.20. The summed E-state index contributed by atoms with van der Waals surface area (Å²) in [6, 6.07) is 11.2. The molecule has 0 aliphatic heterocycles. The molecule has 0 aromatic heterocycles. The molecule has 2 rings (SSSR count). The Hall–Kier alpha value is -2.21. The van der Waals surface area contributed by atoms with Crippen molar-refractivity contribution >= 4 is 23.0 Å². The molecule has 0 aliphatic rings. The minimum atomic E-state index is -0.917. The van der Waals surface area contributed by atoms with Crippen molar-refractivity contribution in [3.05, 3.63) is 59.7 Å². The van der Waals surface area contributed by atoms with Gasteiger partial charge in [-0.1, -0.05) is 19.1 Å². The van der Waals surface area contributed by atoms with E-state index in [0.29, 0.717) is 10.8 Å². The Bertz CT molecular complexity index is 677. The van der Waals surface area contributed by atoms with Crippen molar-refractivity contribution in [3.63, 3.8) is 0 Å². The number of rotatable bonds is 5. The van der Waals surface area contributed by atoms with Gasteiger partial charge in [0.1, 0.15) is 5.75 Å². The van der Waals surface area contributed by atoms with Crippen molar-refractivity contribution in [3.8, 4) is 5.75 Å². The summed E-state index contributed by atoms with van der Waals surface area (Å²) in [5.74, 6) is -1.02. The third kappa shape index (κ3) is 4.63. The largest absolute Gasteiger partial charge is 0.497 e. The van der Waals surface area contributed by atoms with Crippen molar-refractivity contribution in [2.24, 2.45) is 0 Å². The molecular formula is C17H18F2N2OS. The molecule has 0 aliphatic carbocycles. The first-order chi connectivity index (χ1) is 11.0. The molecule has 0 fully saturated rings. The maximum absolute atomic E-state index is 13.2. The van der Waals surface area contributed by atoms with Crippen LogP contribution in [0.25, 0.3) is 0 Å². The van der Waals surface area contributed by atoms with Gasteiger partial charge in [-0.15, -0.1) is 0 Å². The van der Waals surface area contributed by atoms with Crippen LogP contribution in [0.2, 0.25) is 0 Å². The Labute approximate surface area is 139 Å². The van der Waals surface area contributed by atoms with Gasteiger partial charge in [0.05, 0.1) is 13.2 Å². The molecule has 3 nitrogen and oxygen atoms in total. The molecule has 2 aromatic rings. The van der Waals surface area contributed by atoms with E-state index in [2.05, 4.69) is 10.6 Å². The molecule has 0 saturated heterocycles. The summed E-state index contributed by atoms with van der Waals surface area (Å²) < 4.78 is 31.3. The summed E-state index contributed by atoms with van der Waals surface area (Å²) in [4.78, 5) is 0. The lowest BCUT2D eigenvalue weighted by atomic mass is 10.0. The number of thiocarbonyl (C=S) groups is 1. The van der Waals surface area contributed by atoms with Crippen LogP contribution in [0, 0.1) is 11.6 Å². The molecule has 23 heavy (non-hydrogen) atoms. The fourth-order valence-corrected chi connectivity index (χ4v) is 2.42. The fourth-order valence-electron chi connectivity index (χ4n) is 2.16. The minimum Gasteiger partial charge on any atom is -0.497 e. The van der Waals surface area contributed by atoms with Crippen molar-refractivity contribution in [2.75, 3.05) is 12.4 Å². The van der Waals surface area contributed by atoms with Gasteiger partial charge in [0.2, 0.25) is 0 Å². The van der Waals surface area contributed by atoms with E-state index in [-0.39, 0.29) is 6.04 Å². The van der Waals surface area contributed by atoms with E-state index in [1.807, 2.05) is 31.2 Å². The van der Waals surface area contributed by atoms with E-state index in [4.69, 9.17) is 17.0 Å². The highest BCUT2D eigenvalue weighted by Crippen LogP contribution is 2.20. The van der Waals surface area contributed by atoms with Crippen LogP contribution in [0.5, 0.6) is 5.75 Å². The van der Waals surface area contributed by atoms with Gasteiger partial charge in [0.15, 0.2) is 16.7 Å². The zero-order valence-corrected chi connectivity index (χ0v) is 13.7. The minimum absolute atomic E-state index is 0.00574. The molecule has 1 atom stereocenters. The maximum Gasteiger partial charge on any atom is 0.171 e. The van der Waals surface area contributed by atoms with Crippen molar-refractivity contribution in [1.29, 1.82) is 0 Å². The molecule has 2 aromatic carbocycles. The van der Waals surface area contributed by atoms with Gasteiger partial charge in [0.25, 0.3) is 0 Å². The van der Waals surface area contributed by atoms with Crippen LogP contribution in [-0.2, 0) is 0 Å². The molecule has 2 N–H and O–H groups in total. The van der Waals surface area contributed by atoms with Crippen LogP contribution in [0.3, 0.4) is 0 Å². The number of methoxy groups -OCH3 is 1. The number of halogens is 2. The molecule has 122 valence electrons. The molecule has 0 radical (unpaired) electrons. The van der Waals surface area contributed by atoms with E-state index in [9.17, 15) is 8.78 Å². The van der Waals surface area contributed by atoms with Crippen LogP contribution in [0.1, 0.15) is 24.9 Å². The molecule has 0 bridgehead atoms. The lowest BCUT2D eigenvalue weighted by Crippen LogP contribution is -2.32. The quantitative estimate of drug-likeness (QED) is 0.793. The van der Waals surface area contributed by atoms with Crippen LogP contribution in [-0.4, -0.2) is 12.2 Å². The molecule has 0 saturated carbocycles. The smallest absolute Gasteiger partial charge is 0.171 e. The van der Waals surface area contributed by atoms with Crippen molar-refractivity contribution < 1.29 is 13.5 Å². The summed E-state index contributed by atoms with van der Waals surface area (Å²) in [6.07, 6.45) is 0.811. The van der Waals surface area contributed by atoms with Gasteiger partial charge in [-0.05, 0) is 48.5 Å². The van der Waals surface area contributed by atoms with Gasteiger partial charge in [-0.2, -0.15) is 0 Å². The summed E-state index contributed by atoms with van der Waals surface area (Å²) in [6.45, 7) is 2.03. The second-order valence-electron chi connectivity index (χ2n) is 4.96. The number of anilines is 1. The topological polar surface area (TPSA) is 33.3 Å². The number of hydrogen-bond acceptors (Lipinski definition) is 2. The van der Waals surface area contributed by atoms with Gasteiger partial charge in [0, 0.05) is 11.8 Å². The van der Waals surface area contributed by atoms with Crippen LogP contribution < -0.4 is 15.4 Å². The Morgan fingerprint density at radius 3 is 2.39 bits per heavy atom. The second kappa shape index (κ2) is 7.87. The first kappa shape index (κ1) is 17.1. The van der Waals surface area contributed by atoms with E-state index < -0.39 is 11.6 Å². The standard InChI is InChI=1S/C17H18F2N2OS/c1-3-16(11-4-7-13(22-2)8-5-11)21-17(23)20-12-6-9-14(18)15(19)10-12/h4-10,16H,3H2,1-2H3,(H2,20,21,23)/t16-/m0/s1. The van der Waals surface area contributed by atoms with Gasteiger partial charge < -0.3 is 15.4 Å². The fraction of sp³-hybridized carbons (Fsp3) is 0.235. The highest BCUT2D eigenvalue weighted by atomic mass is 32.1. The SMILES string of the molecule is CC[C@H](NC(=S)Nc1ccc(F)c(F)c1)c1ccc(OC)cc1. The third-order valence-corrected chi connectivity index (χ3v) is 3.63.